The predicted molar refractivity (Wildman–Crippen MR) is 67.1 cm³/mol. The van der Waals surface area contributed by atoms with Crippen LogP contribution in [0.3, 0.4) is 0 Å². The molecule has 1 aromatic carbocycles. The molecule has 1 fully saturated rings. The molecule has 1 saturated heterocycles. The quantitative estimate of drug-likeness (QED) is 0.816. The largest absolute Gasteiger partial charge is 0.464 e. The number of benzene rings is 1. The Morgan fingerprint density at radius 3 is 2.61 bits per heavy atom. The van der Waals surface area contributed by atoms with Crippen LogP contribution < -0.4 is 4.90 Å². The molecule has 0 bridgehead atoms. The first-order valence-corrected chi connectivity index (χ1v) is 6.01. The Balaban J connectivity index is 2.06. The lowest BCUT2D eigenvalue weighted by Gasteiger charge is -2.30. The monoisotopic (exact) mass is 247 g/mol. The molecule has 1 aromatic heterocycles. The Bertz CT molecular complexity index is 519. The van der Waals surface area contributed by atoms with Crippen LogP contribution in [0.2, 0.25) is 0 Å². The lowest BCUT2D eigenvalue weighted by atomic mass is 10.1. The molecule has 2 aromatic rings. The smallest absolute Gasteiger partial charge is 0.147 e. The van der Waals surface area contributed by atoms with Gasteiger partial charge in [0.15, 0.2) is 0 Å². The maximum absolute atomic E-state index is 14.1. The standard InChI is InChI=1S/C14H14FNO2/c15-12-4-1-3-11(13-5-2-8-18-13)14(12)16-6-9-17-10-7-16/h1-5,8H,6-7,9-10H2. The number of ether oxygens (including phenoxy) is 1. The summed E-state index contributed by atoms with van der Waals surface area (Å²) in [5.74, 6) is 0.474. The molecule has 3 nitrogen and oxygen atoms in total. The van der Waals surface area contributed by atoms with Gasteiger partial charge in [0.25, 0.3) is 0 Å². The Morgan fingerprint density at radius 1 is 1.06 bits per heavy atom. The molecule has 0 radical (unpaired) electrons. The molecule has 0 atom stereocenters. The molecule has 4 heteroatoms. The molecule has 3 rings (SSSR count). The van der Waals surface area contributed by atoms with E-state index in [1.54, 1.807) is 12.3 Å². The molecule has 94 valence electrons. The van der Waals surface area contributed by atoms with E-state index in [-0.39, 0.29) is 5.82 Å². The Labute approximate surface area is 105 Å². The second-order valence-corrected chi connectivity index (χ2v) is 4.21. The lowest BCUT2D eigenvalue weighted by molar-refractivity contribution is 0.122. The highest BCUT2D eigenvalue weighted by molar-refractivity contribution is 5.76. The number of nitrogens with zero attached hydrogens (tertiary/aromatic N) is 1. The molecule has 1 aliphatic heterocycles. The van der Waals surface area contributed by atoms with E-state index < -0.39 is 0 Å². The number of morpholine rings is 1. The second kappa shape index (κ2) is 4.82. The van der Waals surface area contributed by atoms with Crippen molar-refractivity contribution in [2.75, 3.05) is 31.2 Å². The van der Waals surface area contributed by atoms with Gasteiger partial charge in [-0.3, -0.25) is 0 Å². The maximum atomic E-state index is 14.1. The maximum Gasteiger partial charge on any atom is 0.147 e. The van der Waals surface area contributed by atoms with Gasteiger partial charge in [-0.25, -0.2) is 4.39 Å². The van der Waals surface area contributed by atoms with Gasteiger partial charge < -0.3 is 14.1 Å². The van der Waals surface area contributed by atoms with Crippen molar-refractivity contribution in [1.82, 2.24) is 0 Å². The zero-order chi connectivity index (χ0) is 12.4. The fraction of sp³-hybridized carbons (Fsp3) is 0.286. The number of hydrogen-bond donors (Lipinski definition) is 0. The summed E-state index contributed by atoms with van der Waals surface area (Å²) in [5, 5.41) is 0. The summed E-state index contributed by atoms with van der Waals surface area (Å²) >= 11 is 0. The molecule has 0 N–H and O–H groups in total. The molecule has 0 amide bonds. The van der Waals surface area contributed by atoms with Crippen LogP contribution in [0, 0.1) is 5.82 Å². The molecule has 2 heterocycles. The minimum atomic E-state index is -0.217. The molecular weight excluding hydrogens is 233 g/mol. The number of furan rings is 1. The minimum Gasteiger partial charge on any atom is -0.464 e. The summed E-state index contributed by atoms with van der Waals surface area (Å²) in [5.41, 5.74) is 1.40. The number of hydrogen-bond acceptors (Lipinski definition) is 3. The van der Waals surface area contributed by atoms with Gasteiger partial charge in [-0.05, 0) is 24.3 Å². The van der Waals surface area contributed by atoms with Crippen LogP contribution in [-0.2, 0) is 4.74 Å². The third kappa shape index (κ3) is 1.99. The van der Waals surface area contributed by atoms with Crippen molar-refractivity contribution >= 4 is 5.69 Å². The van der Waals surface area contributed by atoms with Crippen molar-refractivity contribution in [3.05, 3.63) is 42.4 Å². The summed E-state index contributed by atoms with van der Waals surface area (Å²) in [7, 11) is 0. The van der Waals surface area contributed by atoms with E-state index in [9.17, 15) is 4.39 Å². The van der Waals surface area contributed by atoms with E-state index in [4.69, 9.17) is 9.15 Å². The van der Waals surface area contributed by atoms with Gasteiger partial charge in [-0.2, -0.15) is 0 Å². The van der Waals surface area contributed by atoms with E-state index >= 15 is 0 Å². The lowest BCUT2D eigenvalue weighted by Crippen LogP contribution is -2.37. The highest BCUT2D eigenvalue weighted by Crippen LogP contribution is 2.33. The third-order valence-electron chi connectivity index (χ3n) is 3.10. The molecule has 0 unspecified atom stereocenters. The second-order valence-electron chi connectivity index (χ2n) is 4.21. The zero-order valence-electron chi connectivity index (χ0n) is 9.93. The number of anilines is 1. The Morgan fingerprint density at radius 2 is 1.89 bits per heavy atom. The Kier molecular flexibility index (Phi) is 3.02. The van der Waals surface area contributed by atoms with Gasteiger partial charge in [0.05, 0.1) is 25.2 Å². The zero-order valence-corrected chi connectivity index (χ0v) is 9.93. The van der Waals surface area contributed by atoms with Crippen molar-refractivity contribution in [2.45, 2.75) is 0 Å². The highest BCUT2D eigenvalue weighted by Gasteiger charge is 2.20. The fourth-order valence-corrected chi connectivity index (χ4v) is 2.25. The summed E-state index contributed by atoms with van der Waals surface area (Å²) < 4.78 is 24.8. The van der Waals surface area contributed by atoms with Gasteiger partial charge in [-0.15, -0.1) is 0 Å². The third-order valence-corrected chi connectivity index (χ3v) is 3.10. The average molecular weight is 247 g/mol. The van der Waals surface area contributed by atoms with E-state index in [2.05, 4.69) is 0 Å². The highest BCUT2D eigenvalue weighted by atomic mass is 19.1. The van der Waals surface area contributed by atoms with Crippen LogP contribution in [-0.4, -0.2) is 26.3 Å². The van der Waals surface area contributed by atoms with Gasteiger partial charge >= 0.3 is 0 Å². The molecule has 1 aliphatic rings. The summed E-state index contributed by atoms with van der Waals surface area (Å²) in [6.45, 7) is 2.67. The van der Waals surface area contributed by atoms with Gasteiger partial charge in [0, 0.05) is 18.7 Å². The predicted octanol–water partition coefficient (Wildman–Crippen LogP) is 2.92. The van der Waals surface area contributed by atoms with Crippen LogP contribution in [0.4, 0.5) is 10.1 Å². The Hall–Kier alpha value is -1.81. The number of halogens is 1. The van der Waals surface area contributed by atoms with Crippen LogP contribution in [0.5, 0.6) is 0 Å². The molecule has 18 heavy (non-hydrogen) atoms. The van der Waals surface area contributed by atoms with E-state index in [1.807, 2.05) is 23.1 Å². The van der Waals surface area contributed by atoms with Crippen LogP contribution >= 0.6 is 0 Å². The van der Waals surface area contributed by atoms with Crippen molar-refractivity contribution in [1.29, 1.82) is 0 Å². The van der Waals surface area contributed by atoms with Crippen LogP contribution in [0.1, 0.15) is 0 Å². The molecule has 0 saturated carbocycles. The number of para-hydroxylation sites is 1. The van der Waals surface area contributed by atoms with Gasteiger partial charge in [0.2, 0.25) is 0 Å². The van der Waals surface area contributed by atoms with Crippen molar-refractivity contribution in [3.63, 3.8) is 0 Å². The minimum absolute atomic E-state index is 0.217. The van der Waals surface area contributed by atoms with E-state index in [0.29, 0.717) is 37.8 Å². The first-order chi connectivity index (χ1) is 8.86. The first-order valence-electron chi connectivity index (χ1n) is 6.01. The van der Waals surface area contributed by atoms with Gasteiger partial charge in [0.1, 0.15) is 11.6 Å². The first kappa shape index (κ1) is 11.3. The summed E-state index contributed by atoms with van der Waals surface area (Å²) in [4.78, 5) is 2.01. The van der Waals surface area contributed by atoms with E-state index in [1.165, 1.54) is 6.07 Å². The normalized spacial score (nSPS) is 15.9. The van der Waals surface area contributed by atoms with Crippen molar-refractivity contribution < 1.29 is 13.5 Å². The molecule has 0 spiro atoms. The summed E-state index contributed by atoms with van der Waals surface area (Å²) in [6, 6.07) is 8.73. The molecule has 0 aliphatic carbocycles. The van der Waals surface area contributed by atoms with Gasteiger partial charge in [-0.1, -0.05) is 6.07 Å². The SMILES string of the molecule is Fc1cccc(-c2ccco2)c1N1CCOCC1. The topological polar surface area (TPSA) is 25.6 Å². The summed E-state index contributed by atoms with van der Waals surface area (Å²) in [6.07, 6.45) is 1.60. The van der Waals surface area contributed by atoms with Crippen LogP contribution in [0.15, 0.2) is 41.0 Å². The van der Waals surface area contributed by atoms with E-state index in [0.717, 1.165) is 5.56 Å². The van der Waals surface area contributed by atoms with Crippen LogP contribution in [0.25, 0.3) is 11.3 Å². The van der Waals surface area contributed by atoms with Crippen molar-refractivity contribution in [2.24, 2.45) is 0 Å². The van der Waals surface area contributed by atoms with Crippen molar-refractivity contribution in [3.8, 4) is 11.3 Å². The average Bonchev–Trinajstić information content (AvgIpc) is 2.93. The number of rotatable bonds is 2. The molecular formula is C14H14FNO2. The fourth-order valence-electron chi connectivity index (χ4n) is 2.25.